The summed E-state index contributed by atoms with van der Waals surface area (Å²) in [5.74, 6) is 0.883. The SMILES string of the molecule is COc1ccc(N2CC[NH+](Cc3cc(=O)oc4cc(C)c(C)cc34)CC2)cc1. The zero-order valence-corrected chi connectivity index (χ0v) is 16.7. The first-order chi connectivity index (χ1) is 13.5. The minimum absolute atomic E-state index is 0.262. The molecule has 0 unspecified atom stereocenters. The van der Waals surface area contributed by atoms with E-state index in [1.807, 2.05) is 25.1 Å². The third-order valence-corrected chi connectivity index (χ3v) is 5.79. The highest BCUT2D eigenvalue weighted by Crippen LogP contribution is 2.22. The normalized spacial score (nSPS) is 15.2. The van der Waals surface area contributed by atoms with Gasteiger partial charge in [-0.3, -0.25) is 0 Å². The van der Waals surface area contributed by atoms with Gasteiger partial charge in [0.05, 0.1) is 33.3 Å². The maximum absolute atomic E-state index is 12.0. The van der Waals surface area contributed by atoms with Crippen LogP contribution in [0.3, 0.4) is 0 Å². The highest BCUT2D eigenvalue weighted by atomic mass is 16.5. The van der Waals surface area contributed by atoms with Gasteiger partial charge >= 0.3 is 5.63 Å². The third kappa shape index (κ3) is 3.76. The molecule has 146 valence electrons. The van der Waals surface area contributed by atoms with Crippen LogP contribution in [0.15, 0.2) is 51.7 Å². The molecule has 1 N–H and O–H groups in total. The number of benzene rings is 2. The van der Waals surface area contributed by atoms with Crippen molar-refractivity contribution >= 4 is 16.7 Å². The molecule has 1 aliphatic heterocycles. The van der Waals surface area contributed by atoms with E-state index in [4.69, 9.17) is 9.15 Å². The summed E-state index contributed by atoms with van der Waals surface area (Å²) in [5.41, 5.74) is 5.12. The molecule has 1 aliphatic rings. The molecule has 0 radical (unpaired) electrons. The molecule has 0 aliphatic carbocycles. The van der Waals surface area contributed by atoms with E-state index in [-0.39, 0.29) is 5.63 Å². The van der Waals surface area contributed by atoms with Gasteiger partial charge in [0, 0.05) is 22.7 Å². The van der Waals surface area contributed by atoms with Crippen LogP contribution in [0.5, 0.6) is 5.75 Å². The molecule has 4 rings (SSSR count). The summed E-state index contributed by atoms with van der Waals surface area (Å²) in [5, 5.41) is 1.06. The van der Waals surface area contributed by atoms with Gasteiger partial charge in [0.25, 0.3) is 0 Å². The summed E-state index contributed by atoms with van der Waals surface area (Å²) >= 11 is 0. The van der Waals surface area contributed by atoms with Crippen LogP contribution < -0.4 is 20.2 Å². The van der Waals surface area contributed by atoms with Crippen LogP contribution in [-0.4, -0.2) is 33.3 Å². The van der Waals surface area contributed by atoms with Crippen LogP contribution in [0.1, 0.15) is 16.7 Å². The Kier molecular flexibility index (Phi) is 5.09. The van der Waals surface area contributed by atoms with E-state index in [9.17, 15) is 4.79 Å². The lowest BCUT2D eigenvalue weighted by atomic mass is 10.0. The molecular weight excluding hydrogens is 352 g/mol. The maximum atomic E-state index is 12.0. The summed E-state index contributed by atoms with van der Waals surface area (Å²) in [6.45, 7) is 9.08. The number of aryl methyl sites for hydroxylation is 2. The predicted molar refractivity (Wildman–Crippen MR) is 112 cm³/mol. The zero-order valence-electron chi connectivity index (χ0n) is 16.7. The molecule has 2 heterocycles. The van der Waals surface area contributed by atoms with E-state index in [0.29, 0.717) is 5.58 Å². The number of hydrogen-bond donors (Lipinski definition) is 1. The Balaban J connectivity index is 1.49. The van der Waals surface area contributed by atoms with E-state index in [2.05, 4.69) is 30.0 Å². The van der Waals surface area contributed by atoms with E-state index in [1.54, 1.807) is 13.2 Å². The van der Waals surface area contributed by atoms with Crippen LogP contribution in [0, 0.1) is 13.8 Å². The summed E-state index contributed by atoms with van der Waals surface area (Å²) < 4.78 is 10.7. The molecule has 0 spiro atoms. The largest absolute Gasteiger partial charge is 0.497 e. The van der Waals surface area contributed by atoms with E-state index < -0.39 is 0 Å². The summed E-state index contributed by atoms with van der Waals surface area (Å²) in [4.78, 5) is 15.9. The molecule has 3 aromatic rings. The lowest BCUT2D eigenvalue weighted by Gasteiger charge is -2.33. The van der Waals surface area contributed by atoms with E-state index in [0.717, 1.165) is 55.0 Å². The number of quaternary nitrogens is 1. The molecule has 0 saturated carbocycles. The van der Waals surface area contributed by atoms with Crippen molar-refractivity contribution in [2.45, 2.75) is 20.4 Å². The van der Waals surface area contributed by atoms with Gasteiger partial charge in [0.15, 0.2) is 0 Å². The average molecular weight is 379 g/mol. The molecule has 0 bridgehead atoms. The first-order valence-electron chi connectivity index (χ1n) is 9.80. The number of fused-ring (bicyclic) bond motifs is 1. The lowest BCUT2D eigenvalue weighted by Crippen LogP contribution is -3.13. The molecule has 5 nitrogen and oxygen atoms in total. The highest BCUT2D eigenvalue weighted by molar-refractivity contribution is 5.81. The molecule has 0 atom stereocenters. The lowest BCUT2D eigenvalue weighted by molar-refractivity contribution is -0.914. The van der Waals surface area contributed by atoms with Crippen LogP contribution in [0.2, 0.25) is 0 Å². The monoisotopic (exact) mass is 379 g/mol. The van der Waals surface area contributed by atoms with Gasteiger partial charge in [-0.05, 0) is 61.4 Å². The van der Waals surface area contributed by atoms with Gasteiger partial charge < -0.3 is 19.0 Å². The Labute approximate surface area is 165 Å². The van der Waals surface area contributed by atoms with Crippen molar-refractivity contribution in [3.8, 4) is 5.75 Å². The first-order valence-corrected chi connectivity index (χ1v) is 9.80. The molecule has 28 heavy (non-hydrogen) atoms. The van der Waals surface area contributed by atoms with Crippen LogP contribution >= 0.6 is 0 Å². The molecule has 1 saturated heterocycles. The minimum atomic E-state index is -0.262. The molecular formula is C23H27N2O3+. The van der Waals surface area contributed by atoms with Gasteiger partial charge in [0.1, 0.15) is 17.9 Å². The summed E-state index contributed by atoms with van der Waals surface area (Å²) in [6, 6.07) is 14.0. The number of ether oxygens (including phenoxy) is 1. The maximum Gasteiger partial charge on any atom is 0.336 e. The van der Waals surface area contributed by atoms with Gasteiger partial charge in [-0.2, -0.15) is 0 Å². The Bertz CT molecular complexity index is 1030. The second kappa shape index (κ2) is 7.68. The van der Waals surface area contributed by atoms with Crippen molar-refractivity contribution in [2.24, 2.45) is 0 Å². The molecule has 2 aromatic carbocycles. The Morgan fingerprint density at radius 3 is 2.39 bits per heavy atom. The standard InChI is InChI=1S/C23H26N2O3/c1-16-12-21-18(14-23(26)28-22(21)13-17(16)2)15-24-8-10-25(11-9-24)19-4-6-20(27-3)7-5-19/h4-7,12-14H,8-11,15H2,1-3H3/p+1. The fourth-order valence-corrected chi connectivity index (χ4v) is 3.95. The van der Waals surface area contributed by atoms with E-state index >= 15 is 0 Å². The number of hydrogen-bond acceptors (Lipinski definition) is 4. The Morgan fingerprint density at radius 1 is 1.04 bits per heavy atom. The zero-order chi connectivity index (χ0) is 19.7. The minimum Gasteiger partial charge on any atom is -0.497 e. The fourth-order valence-electron chi connectivity index (χ4n) is 3.95. The van der Waals surface area contributed by atoms with Crippen molar-refractivity contribution in [2.75, 3.05) is 38.2 Å². The number of methoxy groups -OCH3 is 1. The molecule has 1 fully saturated rings. The summed E-state index contributed by atoms with van der Waals surface area (Å²) in [6.07, 6.45) is 0. The average Bonchev–Trinajstić information content (AvgIpc) is 2.70. The number of piperazine rings is 1. The van der Waals surface area contributed by atoms with Crippen LogP contribution in [-0.2, 0) is 6.54 Å². The number of anilines is 1. The first kappa shape index (κ1) is 18.6. The van der Waals surface area contributed by atoms with Crippen molar-refractivity contribution < 1.29 is 14.1 Å². The Morgan fingerprint density at radius 2 is 1.71 bits per heavy atom. The van der Waals surface area contributed by atoms with Crippen molar-refractivity contribution in [1.82, 2.24) is 0 Å². The van der Waals surface area contributed by atoms with Gasteiger partial charge in [0.2, 0.25) is 0 Å². The van der Waals surface area contributed by atoms with Crippen molar-refractivity contribution in [3.05, 3.63) is 69.6 Å². The van der Waals surface area contributed by atoms with Crippen LogP contribution in [0.25, 0.3) is 11.0 Å². The second-order valence-electron chi connectivity index (χ2n) is 7.64. The Hall–Kier alpha value is -2.79. The van der Waals surface area contributed by atoms with Gasteiger partial charge in [-0.25, -0.2) is 4.79 Å². The summed E-state index contributed by atoms with van der Waals surface area (Å²) in [7, 11) is 1.69. The number of nitrogens with one attached hydrogen (secondary N) is 1. The fraction of sp³-hybridized carbons (Fsp3) is 0.348. The van der Waals surface area contributed by atoms with Crippen LogP contribution in [0.4, 0.5) is 5.69 Å². The highest BCUT2D eigenvalue weighted by Gasteiger charge is 2.22. The molecule has 1 aromatic heterocycles. The van der Waals surface area contributed by atoms with E-state index in [1.165, 1.54) is 16.2 Å². The van der Waals surface area contributed by atoms with Gasteiger partial charge in [-0.15, -0.1) is 0 Å². The second-order valence-corrected chi connectivity index (χ2v) is 7.64. The quantitative estimate of drug-likeness (QED) is 0.707. The van der Waals surface area contributed by atoms with Gasteiger partial charge in [-0.1, -0.05) is 0 Å². The molecule has 5 heteroatoms. The third-order valence-electron chi connectivity index (χ3n) is 5.79. The smallest absolute Gasteiger partial charge is 0.336 e. The number of nitrogens with zero attached hydrogens (tertiary/aromatic N) is 1. The molecule has 0 amide bonds. The van der Waals surface area contributed by atoms with Crippen molar-refractivity contribution in [1.29, 1.82) is 0 Å². The predicted octanol–water partition coefficient (Wildman–Crippen LogP) is 2.32. The topological polar surface area (TPSA) is 47.1 Å². The van der Waals surface area contributed by atoms with Crippen molar-refractivity contribution in [3.63, 3.8) is 0 Å². The number of rotatable bonds is 4.